The first kappa shape index (κ1) is 15.7. The summed E-state index contributed by atoms with van der Waals surface area (Å²) in [6.45, 7) is 1.87. The summed E-state index contributed by atoms with van der Waals surface area (Å²) in [7, 11) is 0. The monoisotopic (exact) mass is 362 g/mol. The number of fused-ring (bicyclic) bond motifs is 3. The van der Waals surface area contributed by atoms with Crippen LogP contribution in [-0.2, 0) is 6.30 Å². The highest BCUT2D eigenvalue weighted by Crippen LogP contribution is 2.32. The zero-order valence-corrected chi connectivity index (χ0v) is 13.8. The highest BCUT2D eigenvalue weighted by atomic mass is 19.4. The van der Waals surface area contributed by atoms with E-state index in [0.29, 0.717) is 23.2 Å². The topological polar surface area (TPSA) is 50.4 Å². The Kier molecular flexibility index (Phi) is 3.30. The number of aromatic nitrogens is 4. The molecule has 0 aromatic carbocycles. The van der Waals surface area contributed by atoms with Crippen LogP contribution in [0.1, 0.15) is 12.8 Å². The number of anilines is 1. The van der Waals surface area contributed by atoms with Crippen LogP contribution in [0, 0.1) is 0 Å². The number of hydrogen-bond donors (Lipinski definition) is 1. The molecule has 2 aliphatic rings. The Labute approximate surface area is 147 Å². The lowest BCUT2D eigenvalue weighted by Gasteiger charge is -2.34. The molecule has 1 N–H and O–H groups in total. The number of hydrogen-bond acceptors (Lipinski definition) is 4. The predicted octanol–water partition coefficient (Wildman–Crippen LogP) is 2.61. The fourth-order valence-electron chi connectivity index (χ4n) is 4.03. The molecule has 5 rings (SSSR count). The van der Waals surface area contributed by atoms with Gasteiger partial charge in [-0.1, -0.05) is 0 Å². The number of alkyl halides is 3. The van der Waals surface area contributed by atoms with Crippen molar-refractivity contribution in [3.63, 3.8) is 0 Å². The van der Waals surface area contributed by atoms with Gasteiger partial charge < -0.3 is 10.2 Å². The molecule has 9 heteroatoms. The van der Waals surface area contributed by atoms with Gasteiger partial charge >= 0.3 is 6.30 Å². The molecule has 3 aromatic rings. The number of nitrogens with zero attached hydrogens (tertiary/aromatic N) is 5. The van der Waals surface area contributed by atoms with Gasteiger partial charge in [0.25, 0.3) is 0 Å². The van der Waals surface area contributed by atoms with Gasteiger partial charge in [0, 0.05) is 54.9 Å². The molecule has 0 aliphatic carbocycles. The van der Waals surface area contributed by atoms with Crippen molar-refractivity contribution in [1.29, 1.82) is 0 Å². The lowest BCUT2D eigenvalue weighted by molar-refractivity contribution is -0.212. The zero-order chi connectivity index (χ0) is 17.9. The predicted molar refractivity (Wildman–Crippen MR) is 89.9 cm³/mol. The molecule has 0 amide bonds. The molecule has 6 nitrogen and oxygen atoms in total. The second kappa shape index (κ2) is 5.47. The summed E-state index contributed by atoms with van der Waals surface area (Å²) in [6, 6.07) is 4.86. The van der Waals surface area contributed by atoms with Gasteiger partial charge in [0.2, 0.25) is 0 Å². The van der Waals surface area contributed by atoms with Crippen LogP contribution in [0.2, 0.25) is 0 Å². The molecule has 26 heavy (non-hydrogen) atoms. The largest absolute Gasteiger partial charge is 0.504 e. The van der Waals surface area contributed by atoms with E-state index >= 15 is 0 Å². The summed E-state index contributed by atoms with van der Waals surface area (Å²) >= 11 is 0. The molecule has 2 unspecified atom stereocenters. The first-order chi connectivity index (χ1) is 12.5. The van der Waals surface area contributed by atoms with Crippen LogP contribution in [0.25, 0.3) is 16.6 Å². The van der Waals surface area contributed by atoms with Gasteiger partial charge in [-0.25, -0.2) is 4.52 Å². The van der Waals surface area contributed by atoms with Gasteiger partial charge in [-0.15, -0.1) is 13.2 Å². The van der Waals surface area contributed by atoms with Gasteiger partial charge in [0.15, 0.2) is 0 Å². The first-order valence-corrected chi connectivity index (χ1v) is 8.58. The van der Waals surface area contributed by atoms with E-state index in [1.807, 2.05) is 12.1 Å². The molecule has 0 spiro atoms. The van der Waals surface area contributed by atoms with E-state index in [4.69, 9.17) is 0 Å². The van der Waals surface area contributed by atoms with Crippen LogP contribution in [0.4, 0.5) is 18.9 Å². The van der Waals surface area contributed by atoms with Gasteiger partial charge in [0.1, 0.15) is 0 Å². The maximum Gasteiger partial charge on any atom is 0.504 e. The maximum atomic E-state index is 12.8. The summed E-state index contributed by atoms with van der Waals surface area (Å²) in [5, 5.41) is 11.3. The standard InChI is InChI=1S/C17H17F3N6/c18-17(19,20)26-8-12(6-22-26)11-5-16-15(3-4-21-25(16)7-11)24-9-13-1-2-14(10-24)23-13/h3-8,13-14,23H,1-2,9-10H2. The molecular weight excluding hydrogens is 345 g/mol. The second-order valence-electron chi connectivity index (χ2n) is 6.96. The normalized spacial score (nSPS) is 23.1. The smallest absolute Gasteiger partial charge is 0.367 e. The molecule has 3 aromatic heterocycles. The summed E-state index contributed by atoms with van der Waals surface area (Å²) in [4.78, 5) is 2.35. The van der Waals surface area contributed by atoms with E-state index < -0.39 is 6.30 Å². The zero-order valence-electron chi connectivity index (χ0n) is 13.8. The summed E-state index contributed by atoms with van der Waals surface area (Å²) in [6.07, 6.45) is 3.56. The molecule has 2 bridgehead atoms. The Morgan fingerprint density at radius 2 is 1.81 bits per heavy atom. The Bertz CT molecular complexity index is 947. The van der Waals surface area contributed by atoms with Gasteiger partial charge in [-0.2, -0.15) is 14.9 Å². The molecule has 0 radical (unpaired) electrons. The molecule has 2 saturated heterocycles. The third-order valence-corrected chi connectivity index (χ3v) is 5.22. The minimum absolute atomic E-state index is 0.0208. The van der Waals surface area contributed by atoms with E-state index in [1.165, 1.54) is 19.0 Å². The van der Waals surface area contributed by atoms with Crippen molar-refractivity contribution in [2.24, 2.45) is 0 Å². The Morgan fingerprint density at radius 3 is 2.50 bits per heavy atom. The highest BCUT2D eigenvalue weighted by molar-refractivity contribution is 5.79. The third-order valence-electron chi connectivity index (χ3n) is 5.22. The van der Waals surface area contributed by atoms with Crippen molar-refractivity contribution >= 4 is 11.2 Å². The Morgan fingerprint density at radius 1 is 1.04 bits per heavy atom. The summed E-state index contributed by atoms with van der Waals surface area (Å²) < 4.78 is 40.1. The van der Waals surface area contributed by atoms with Crippen LogP contribution in [0.5, 0.6) is 0 Å². The van der Waals surface area contributed by atoms with Crippen molar-refractivity contribution in [3.05, 3.63) is 36.9 Å². The van der Waals surface area contributed by atoms with E-state index in [0.717, 1.165) is 30.5 Å². The van der Waals surface area contributed by atoms with Crippen LogP contribution in [0.3, 0.4) is 0 Å². The molecule has 2 aliphatic heterocycles. The van der Waals surface area contributed by atoms with Crippen molar-refractivity contribution < 1.29 is 13.2 Å². The van der Waals surface area contributed by atoms with Crippen molar-refractivity contribution in [3.8, 4) is 11.1 Å². The summed E-state index contributed by atoms with van der Waals surface area (Å²) in [5.41, 5.74) is 3.04. The van der Waals surface area contributed by atoms with Crippen molar-refractivity contribution in [2.45, 2.75) is 31.2 Å². The highest BCUT2D eigenvalue weighted by Gasteiger charge is 2.33. The molecule has 5 heterocycles. The molecule has 0 saturated carbocycles. The van der Waals surface area contributed by atoms with Gasteiger partial charge in [-0.3, -0.25) is 0 Å². The summed E-state index contributed by atoms with van der Waals surface area (Å²) in [5.74, 6) is 0. The molecule has 2 atom stereocenters. The Balaban J connectivity index is 1.53. The molecule has 2 fully saturated rings. The SMILES string of the molecule is FC(F)(F)n1cc(-c2cc3c(N4CC5CCC(C4)N5)ccnn3c2)cn1. The minimum atomic E-state index is -4.51. The van der Waals surface area contributed by atoms with Crippen molar-refractivity contribution in [2.75, 3.05) is 18.0 Å². The van der Waals surface area contributed by atoms with E-state index in [9.17, 15) is 13.2 Å². The van der Waals surface area contributed by atoms with Crippen LogP contribution >= 0.6 is 0 Å². The van der Waals surface area contributed by atoms with Crippen LogP contribution in [0.15, 0.2) is 36.9 Å². The van der Waals surface area contributed by atoms with Crippen LogP contribution in [-0.4, -0.2) is 44.6 Å². The first-order valence-electron chi connectivity index (χ1n) is 8.58. The molecular formula is C17H17F3N6. The third kappa shape index (κ3) is 2.54. The number of rotatable bonds is 2. The maximum absolute atomic E-state index is 12.8. The second-order valence-corrected chi connectivity index (χ2v) is 6.96. The average molecular weight is 362 g/mol. The fourth-order valence-corrected chi connectivity index (χ4v) is 4.03. The van der Waals surface area contributed by atoms with E-state index in [2.05, 4.69) is 20.4 Å². The van der Waals surface area contributed by atoms with E-state index in [1.54, 1.807) is 16.9 Å². The number of piperazine rings is 1. The number of halogens is 3. The average Bonchev–Trinajstić information content (AvgIpc) is 3.31. The molecule has 136 valence electrons. The quantitative estimate of drug-likeness (QED) is 0.761. The minimum Gasteiger partial charge on any atom is -0.367 e. The fraction of sp³-hybridized carbons (Fsp3) is 0.412. The lowest BCUT2D eigenvalue weighted by atomic mass is 10.2. The van der Waals surface area contributed by atoms with E-state index in [-0.39, 0.29) is 4.68 Å². The van der Waals surface area contributed by atoms with Gasteiger partial charge in [0.05, 0.1) is 17.4 Å². The van der Waals surface area contributed by atoms with Gasteiger partial charge in [-0.05, 0) is 25.0 Å². The Hall–Kier alpha value is -2.55. The lowest BCUT2D eigenvalue weighted by Crippen LogP contribution is -2.51. The van der Waals surface area contributed by atoms with Crippen molar-refractivity contribution in [1.82, 2.24) is 24.7 Å². The van der Waals surface area contributed by atoms with Crippen LogP contribution < -0.4 is 10.2 Å². The number of nitrogens with one attached hydrogen (secondary N) is 1.